The van der Waals surface area contributed by atoms with Crippen LogP contribution in [-0.2, 0) is 15.8 Å². The minimum Gasteiger partial charge on any atom is -0.361 e. The molecular weight excluding hydrogens is 220 g/mol. The average Bonchev–Trinajstić information content (AvgIpc) is 1.99. The number of hydrogen-bond acceptors (Lipinski definition) is 5. The van der Waals surface area contributed by atoms with Gasteiger partial charge in [0.15, 0.2) is 0 Å². The summed E-state index contributed by atoms with van der Waals surface area (Å²) in [6, 6.07) is 4.27. The molecule has 15 heavy (non-hydrogen) atoms. The second-order valence-electron chi connectivity index (χ2n) is 3.30. The number of sulfonamides is 1. The molecule has 0 saturated carbocycles. The predicted molar refractivity (Wildman–Crippen MR) is 54.5 cm³/mol. The molecule has 1 rings (SSSR count). The number of anilines is 1. The van der Waals surface area contributed by atoms with Crippen molar-refractivity contribution in [2.75, 3.05) is 11.0 Å². The lowest BCUT2D eigenvalue weighted by atomic mass is 10.2. The van der Waals surface area contributed by atoms with Crippen LogP contribution in [0.4, 0.5) is 5.82 Å². The molecule has 0 atom stereocenters. The van der Waals surface area contributed by atoms with Gasteiger partial charge in [0.2, 0.25) is 15.8 Å². The highest BCUT2D eigenvalue weighted by molar-refractivity contribution is 7.92. The average molecular weight is 232 g/mol. The van der Waals surface area contributed by atoms with Crippen molar-refractivity contribution in [3.05, 3.63) is 23.9 Å². The first-order valence-corrected chi connectivity index (χ1v) is 5.98. The minimum atomic E-state index is -3.42. The van der Waals surface area contributed by atoms with E-state index in [1.54, 1.807) is 0 Å². The monoisotopic (exact) mass is 232 g/mol. The third-order valence-electron chi connectivity index (χ3n) is 1.52. The van der Waals surface area contributed by atoms with Gasteiger partial charge < -0.3 is 10.2 Å². The molecule has 3 N–H and O–H groups in total. The normalized spacial score (nSPS) is 12.5. The minimum absolute atomic E-state index is 0.0313. The third kappa shape index (κ3) is 3.82. The van der Waals surface area contributed by atoms with Crippen LogP contribution in [0.1, 0.15) is 12.6 Å². The lowest BCUT2D eigenvalue weighted by Gasteiger charge is -2.15. The molecule has 0 aliphatic rings. The van der Waals surface area contributed by atoms with E-state index in [-0.39, 0.29) is 11.5 Å². The van der Waals surface area contributed by atoms with E-state index in [1.807, 2.05) is 0 Å². The molecule has 1 aromatic rings. The smallest absolute Gasteiger partial charge is 0.230 e. The van der Waals surface area contributed by atoms with Crippen molar-refractivity contribution in [1.82, 2.24) is 4.98 Å². The van der Waals surface area contributed by atoms with E-state index in [0.717, 1.165) is 13.2 Å². The quantitative estimate of drug-likeness (QED) is 0.616. The van der Waals surface area contributed by atoms with Crippen molar-refractivity contribution in [3.63, 3.8) is 0 Å². The van der Waals surface area contributed by atoms with Crippen molar-refractivity contribution in [2.45, 2.75) is 12.7 Å². The topological polar surface area (TPSA) is 99.5 Å². The van der Waals surface area contributed by atoms with E-state index in [1.165, 1.54) is 18.2 Å². The summed E-state index contributed by atoms with van der Waals surface area (Å²) in [5, 5.41) is 18.5. The molecule has 84 valence electrons. The fraction of sp³-hybridized carbons (Fsp3) is 0.375. The number of nitrogens with zero attached hydrogens (tertiary/aromatic N) is 1. The van der Waals surface area contributed by atoms with Crippen molar-refractivity contribution in [1.29, 1.82) is 0 Å². The predicted octanol–water partition coefficient (Wildman–Crippen LogP) is -0.390. The molecule has 0 radical (unpaired) electrons. The van der Waals surface area contributed by atoms with Crippen LogP contribution in [0, 0.1) is 0 Å². The van der Waals surface area contributed by atoms with Crippen molar-refractivity contribution in [3.8, 4) is 0 Å². The Morgan fingerprint density at radius 2 is 2.00 bits per heavy atom. The van der Waals surface area contributed by atoms with Gasteiger partial charge in [0, 0.05) is 0 Å². The molecule has 0 amide bonds. The van der Waals surface area contributed by atoms with Gasteiger partial charge in [-0.25, -0.2) is 13.4 Å². The highest BCUT2D eigenvalue weighted by atomic mass is 32.2. The molecule has 0 spiro atoms. The molecule has 0 bridgehead atoms. The largest absolute Gasteiger partial charge is 0.361 e. The highest BCUT2D eigenvalue weighted by Gasteiger charge is 2.20. The molecular formula is C8H12N2O4S. The van der Waals surface area contributed by atoms with E-state index >= 15 is 0 Å². The second-order valence-corrected chi connectivity index (χ2v) is 5.05. The van der Waals surface area contributed by atoms with E-state index < -0.39 is 15.8 Å². The maximum atomic E-state index is 10.9. The summed E-state index contributed by atoms with van der Waals surface area (Å²) in [4.78, 5) is 3.74. The molecule has 1 aromatic heterocycles. The van der Waals surface area contributed by atoms with E-state index in [4.69, 9.17) is 0 Å². The Bertz CT molecular complexity index is 450. The molecule has 1 heterocycles. The fourth-order valence-electron chi connectivity index (χ4n) is 0.945. The van der Waals surface area contributed by atoms with Gasteiger partial charge in [-0.15, -0.1) is 0 Å². The summed E-state index contributed by atoms with van der Waals surface area (Å²) < 4.78 is 23.9. The summed E-state index contributed by atoms with van der Waals surface area (Å²) in [7, 11) is -3.42. The molecule has 0 unspecified atom stereocenters. The van der Waals surface area contributed by atoms with Crippen LogP contribution >= 0.6 is 0 Å². The van der Waals surface area contributed by atoms with Crippen LogP contribution in [0.2, 0.25) is 0 Å². The summed E-state index contributed by atoms with van der Waals surface area (Å²) in [6.07, 6.45) is 0.985. The number of hydrogen-bond donors (Lipinski definition) is 3. The van der Waals surface area contributed by atoms with Gasteiger partial charge in [0.05, 0.1) is 6.26 Å². The summed E-state index contributed by atoms with van der Waals surface area (Å²) in [5.74, 6) is -2.04. The first kappa shape index (κ1) is 11.9. The van der Waals surface area contributed by atoms with E-state index in [2.05, 4.69) is 9.71 Å². The first-order valence-electron chi connectivity index (χ1n) is 4.08. The number of rotatable bonds is 3. The Hall–Kier alpha value is -1.18. The van der Waals surface area contributed by atoms with Gasteiger partial charge in [-0.05, 0) is 19.1 Å². The van der Waals surface area contributed by atoms with E-state index in [0.29, 0.717) is 0 Å². The summed E-state index contributed by atoms with van der Waals surface area (Å²) in [6.45, 7) is 1.14. The molecule has 6 nitrogen and oxygen atoms in total. The lowest BCUT2D eigenvalue weighted by molar-refractivity contribution is -0.155. The first-order chi connectivity index (χ1) is 6.68. The van der Waals surface area contributed by atoms with Crippen molar-refractivity contribution >= 4 is 15.8 Å². The molecule has 0 aliphatic carbocycles. The van der Waals surface area contributed by atoms with Crippen molar-refractivity contribution < 1.29 is 18.6 Å². The van der Waals surface area contributed by atoms with Crippen LogP contribution in [0.3, 0.4) is 0 Å². The SMILES string of the molecule is CC(O)(O)c1cccc(NS(C)(=O)=O)n1. The van der Waals surface area contributed by atoms with Crippen LogP contribution in [-0.4, -0.2) is 29.9 Å². The summed E-state index contributed by atoms with van der Waals surface area (Å²) >= 11 is 0. The number of nitrogens with one attached hydrogen (secondary N) is 1. The van der Waals surface area contributed by atoms with Crippen LogP contribution in [0.25, 0.3) is 0 Å². The Morgan fingerprint density at radius 3 is 2.47 bits per heavy atom. The number of aliphatic hydroxyl groups is 2. The Labute approximate surface area is 87.6 Å². The van der Waals surface area contributed by atoms with E-state index in [9.17, 15) is 18.6 Å². The maximum Gasteiger partial charge on any atom is 0.230 e. The number of pyridine rings is 1. The Balaban J connectivity index is 3.04. The van der Waals surface area contributed by atoms with Crippen LogP contribution in [0.5, 0.6) is 0 Å². The molecule has 0 aromatic carbocycles. The van der Waals surface area contributed by atoms with Crippen LogP contribution < -0.4 is 4.72 Å². The summed E-state index contributed by atoms with van der Waals surface area (Å²) in [5.41, 5.74) is -0.0313. The molecule has 0 saturated heterocycles. The highest BCUT2D eigenvalue weighted by Crippen LogP contribution is 2.16. The van der Waals surface area contributed by atoms with Gasteiger partial charge in [-0.1, -0.05) is 6.07 Å². The molecule has 7 heteroatoms. The zero-order chi connectivity index (χ0) is 11.7. The second kappa shape index (κ2) is 3.76. The standard InChI is InChI=1S/C8H12N2O4S/c1-8(11,12)6-4-3-5-7(9-6)10-15(2,13)14/h3-5,11-12H,1-2H3,(H,9,10). The van der Waals surface area contributed by atoms with Gasteiger partial charge in [-0.2, -0.15) is 0 Å². The zero-order valence-electron chi connectivity index (χ0n) is 8.30. The number of aromatic nitrogens is 1. The molecule has 0 fully saturated rings. The van der Waals surface area contributed by atoms with Gasteiger partial charge in [0.25, 0.3) is 0 Å². The zero-order valence-corrected chi connectivity index (χ0v) is 9.11. The van der Waals surface area contributed by atoms with Gasteiger partial charge in [-0.3, -0.25) is 4.72 Å². The maximum absolute atomic E-state index is 10.9. The van der Waals surface area contributed by atoms with Gasteiger partial charge >= 0.3 is 0 Å². The Morgan fingerprint density at radius 1 is 1.40 bits per heavy atom. The van der Waals surface area contributed by atoms with Crippen molar-refractivity contribution in [2.24, 2.45) is 0 Å². The van der Waals surface area contributed by atoms with Crippen LogP contribution in [0.15, 0.2) is 18.2 Å². The lowest BCUT2D eigenvalue weighted by Crippen LogP contribution is -2.22. The van der Waals surface area contributed by atoms with Gasteiger partial charge in [0.1, 0.15) is 11.5 Å². The third-order valence-corrected chi connectivity index (χ3v) is 2.10. The fourth-order valence-corrected chi connectivity index (χ4v) is 1.44. The molecule has 0 aliphatic heterocycles. The Kier molecular flexibility index (Phi) is 2.98.